The maximum atomic E-state index is 14.5. The van der Waals surface area contributed by atoms with Gasteiger partial charge in [-0.25, -0.2) is 0 Å². The molecule has 7 atom stereocenters. The highest BCUT2D eigenvalue weighted by atomic mass is 32.2. The number of aliphatic hydroxyl groups excluding tert-OH is 1. The molecule has 3 saturated heterocycles. The number of aliphatic hydroxyl groups is 1. The number of rotatable bonds is 12. The van der Waals surface area contributed by atoms with E-state index in [9.17, 15) is 19.5 Å². The molecule has 3 N–H and O–H groups in total. The van der Waals surface area contributed by atoms with Crippen molar-refractivity contribution in [3.8, 4) is 0 Å². The Morgan fingerprint density at radius 3 is 2.35 bits per heavy atom. The van der Waals surface area contributed by atoms with Crippen LogP contribution in [0.15, 0.2) is 54.6 Å². The number of likely N-dealkylation sites (tertiary alicyclic amines) is 1. The van der Waals surface area contributed by atoms with Crippen molar-refractivity contribution < 1.29 is 19.5 Å². The van der Waals surface area contributed by atoms with E-state index in [1.54, 1.807) is 16.7 Å². The lowest BCUT2D eigenvalue weighted by atomic mass is 9.66. The molecule has 43 heavy (non-hydrogen) atoms. The molecule has 8 nitrogen and oxygen atoms in total. The van der Waals surface area contributed by atoms with Gasteiger partial charge in [-0.2, -0.15) is 0 Å². The number of carbonyl (C=O) groups is 3. The summed E-state index contributed by atoms with van der Waals surface area (Å²) in [7, 11) is 0. The van der Waals surface area contributed by atoms with Gasteiger partial charge in [0, 0.05) is 36.3 Å². The molecule has 0 radical (unpaired) electrons. The van der Waals surface area contributed by atoms with Crippen LogP contribution >= 0.6 is 11.8 Å². The molecule has 2 aromatic rings. The van der Waals surface area contributed by atoms with Crippen molar-refractivity contribution in [3.05, 3.63) is 60.2 Å². The third-order valence-corrected chi connectivity index (χ3v) is 11.7. The molecule has 0 aromatic heterocycles. The summed E-state index contributed by atoms with van der Waals surface area (Å²) in [6.45, 7) is 12.4. The van der Waals surface area contributed by atoms with Crippen LogP contribution in [0.3, 0.4) is 0 Å². The Balaban J connectivity index is 1.47. The van der Waals surface area contributed by atoms with E-state index in [4.69, 9.17) is 0 Å². The minimum Gasteiger partial charge on any atom is -0.394 e. The Bertz CT molecular complexity index is 1300. The molecule has 0 aliphatic carbocycles. The molecule has 3 heterocycles. The third-order valence-electron chi connectivity index (χ3n) is 9.66. The Morgan fingerprint density at radius 2 is 1.74 bits per heavy atom. The van der Waals surface area contributed by atoms with E-state index in [0.717, 1.165) is 30.8 Å². The van der Waals surface area contributed by atoms with E-state index in [1.807, 2.05) is 54.6 Å². The van der Waals surface area contributed by atoms with Crippen molar-refractivity contribution >= 4 is 40.9 Å². The van der Waals surface area contributed by atoms with Crippen molar-refractivity contribution in [3.63, 3.8) is 0 Å². The summed E-state index contributed by atoms with van der Waals surface area (Å²) >= 11 is 1.66. The van der Waals surface area contributed by atoms with Crippen molar-refractivity contribution in [2.75, 3.05) is 29.9 Å². The summed E-state index contributed by atoms with van der Waals surface area (Å²) in [5, 5.41) is 16.7. The fourth-order valence-corrected chi connectivity index (χ4v) is 10.1. The van der Waals surface area contributed by atoms with Crippen molar-refractivity contribution in [2.45, 2.75) is 76.1 Å². The molecular formula is C34H46N4O4S. The molecule has 232 valence electrons. The van der Waals surface area contributed by atoms with E-state index in [0.29, 0.717) is 18.7 Å². The summed E-state index contributed by atoms with van der Waals surface area (Å²) in [5.41, 5.74) is 2.75. The number of amides is 3. The van der Waals surface area contributed by atoms with Crippen LogP contribution in [0, 0.1) is 23.7 Å². The Kier molecular flexibility index (Phi) is 9.42. The smallest absolute Gasteiger partial charge is 0.248 e. The van der Waals surface area contributed by atoms with Gasteiger partial charge in [0.25, 0.3) is 0 Å². The molecule has 0 saturated carbocycles. The molecule has 9 heteroatoms. The standard InChI is InChI=1S/C34H46N4O4S/c1-6-37(7-2)25-15-13-24(14-16-25)36-32(41)30-34-22(5)18-27(43-34)28(31(40)35-19-23-11-9-8-10-12-23)29(34)33(42)38(30)26(20-39)17-21(3)4/h8-16,21-22,26-30,39H,6-7,17-20H2,1-5H3,(H,35,40)(H,36,41)/t22?,26-,27-,28+,29+,30?,34?/m1/s1. The Labute approximate surface area is 260 Å². The largest absolute Gasteiger partial charge is 0.394 e. The highest BCUT2D eigenvalue weighted by Gasteiger charge is 2.76. The molecule has 3 fully saturated rings. The molecule has 3 aliphatic rings. The molecule has 2 aromatic carbocycles. The van der Waals surface area contributed by atoms with Crippen LogP contribution in [-0.2, 0) is 20.9 Å². The summed E-state index contributed by atoms with van der Waals surface area (Å²) in [5.74, 6) is -1.44. The lowest BCUT2D eigenvalue weighted by molar-refractivity contribution is -0.142. The number of benzene rings is 2. The first-order valence-corrected chi connectivity index (χ1v) is 16.6. The number of anilines is 2. The summed E-state index contributed by atoms with van der Waals surface area (Å²) in [4.78, 5) is 46.5. The first-order chi connectivity index (χ1) is 20.7. The molecule has 5 rings (SSSR count). The number of carbonyl (C=O) groups excluding carboxylic acids is 3. The monoisotopic (exact) mass is 606 g/mol. The maximum Gasteiger partial charge on any atom is 0.248 e. The summed E-state index contributed by atoms with van der Waals surface area (Å²) in [6, 6.07) is 16.3. The number of fused-ring (bicyclic) bond motifs is 1. The van der Waals surface area contributed by atoms with Gasteiger partial charge >= 0.3 is 0 Å². The second-order valence-corrected chi connectivity index (χ2v) is 14.2. The first kappa shape index (κ1) is 31.4. The zero-order chi connectivity index (χ0) is 30.9. The Morgan fingerprint density at radius 1 is 1.07 bits per heavy atom. The van der Waals surface area contributed by atoms with Gasteiger partial charge in [0.05, 0.1) is 29.2 Å². The number of hydrogen-bond acceptors (Lipinski definition) is 6. The topological polar surface area (TPSA) is 102 Å². The van der Waals surface area contributed by atoms with Gasteiger partial charge in [0.2, 0.25) is 17.7 Å². The minimum absolute atomic E-state index is 0.0387. The second kappa shape index (κ2) is 12.9. The van der Waals surface area contributed by atoms with Gasteiger partial charge in [-0.3, -0.25) is 14.4 Å². The Hall–Kier alpha value is -3.04. The predicted molar refractivity (Wildman–Crippen MR) is 173 cm³/mol. The third kappa shape index (κ3) is 5.66. The summed E-state index contributed by atoms with van der Waals surface area (Å²) < 4.78 is -0.744. The normalized spacial score (nSPS) is 28.2. The van der Waals surface area contributed by atoms with Crippen LogP contribution in [0.5, 0.6) is 0 Å². The first-order valence-electron chi connectivity index (χ1n) is 15.7. The van der Waals surface area contributed by atoms with Crippen molar-refractivity contribution in [1.29, 1.82) is 0 Å². The van der Waals surface area contributed by atoms with Crippen LogP contribution in [0.1, 0.15) is 53.0 Å². The van der Waals surface area contributed by atoms with Crippen molar-refractivity contribution in [2.24, 2.45) is 23.7 Å². The lowest BCUT2D eigenvalue weighted by Crippen LogP contribution is -2.57. The highest BCUT2D eigenvalue weighted by Crippen LogP contribution is 2.69. The summed E-state index contributed by atoms with van der Waals surface area (Å²) in [6.07, 6.45) is 1.34. The molecular weight excluding hydrogens is 560 g/mol. The zero-order valence-corrected chi connectivity index (χ0v) is 26.8. The zero-order valence-electron chi connectivity index (χ0n) is 26.0. The van der Waals surface area contributed by atoms with Gasteiger partial charge in [-0.15, -0.1) is 11.8 Å². The number of thioether (sulfide) groups is 1. The van der Waals surface area contributed by atoms with Crippen LogP contribution < -0.4 is 15.5 Å². The molecule has 1 spiro atoms. The number of nitrogens with zero attached hydrogens (tertiary/aromatic N) is 2. The van der Waals surface area contributed by atoms with Crippen LogP contribution in [-0.4, -0.2) is 69.5 Å². The van der Waals surface area contributed by atoms with Gasteiger partial charge in [0.1, 0.15) is 6.04 Å². The van der Waals surface area contributed by atoms with Gasteiger partial charge in [-0.1, -0.05) is 51.1 Å². The van der Waals surface area contributed by atoms with Crippen LogP contribution in [0.25, 0.3) is 0 Å². The van der Waals surface area contributed by atoms with E-state index < -0.39 is 28.7 Å². The van der Waals surface area contributed by atoms with E-state index >= 15 is 0 Å². The lowest BCUT2D eigenvalue weighted by Gasteiger charge is -2.40. The molecule has 3 aliphatic heterocycles. The SMILES string of the molecule is CCN(CC)c1ccc(NC(=O)C2N([C@@H](CO)CC(C)C)C(=O)[C@@H]3[C@@H](C(=O)NCc4ccccc4)[C@H]4CC(C)C23S4)cc1. The second-order valence-electron chi connectivity index (χ2n) is 12.7. The quantitative estimate of drug-likeness (QED) is 0.328. The number of hydrogen-bond donors (Lipinski definition) is 3. The minimum atomic E-state index is -0.791. The van der Waals surface area contributed by atoms with E-state index in [1.165, 1.54) is 0 Å². The highest BCUT2D eigenvalue weighted by molar-refractivity contribution is 8.02. The van der Waals surface area contributed by atoms with Gasteiger partial charge < -0.3 is 25.5 Å². The predicted octanol–water partition coefficient (Wildman–Crippen LogP) is 4.53. The van der Waals surface area contributed by atoms with Crippen LogP contribution in [0.2, 0.25) is 0 Å². The van der Waals surface area contributed by atoms with E-state index in [-0.39, 0.29) is 41.4 Å². The van der Waals surface area contributed by atoms with Crippen LogP contribution in [0.4, 0.5) is 11.4 Å². The fourth-order valence-electron chi connectivity index (χ4n) is 7.73. The van der Waals surface area contributed by atoms with Gasteiger partial charge in [-0.05, 0) is 68.4 Å². The van der Waals surface area contributed by atoms with Crippen molar-refractivity contribution in [1.82, 2.24) is 10.2 Å². The fraction of sp³-hybridized carbons (Fsp3) is 0.559. The van der Waals surface area contributed by atoms with Gasteiger partial charge in [0.15, 0.2) is 0 Å². The maximum absolute atomic E-state index is 14.5. The molecule has 3 unspecified atom stereocenters. The molecule has 2 bridgehead atoms. The molecule has 3 amide bonds. The average Bonchev–Trinajstić information content (AvgIpc) is 3.60. The number of nitrogens with one attached hydrogen (secondary N) is 2. The van der Waals surface area contributed by atoms with E-state index in [2.05, 4.69) is 50.2 Å². The average molecular weight is 607 g/mol.